The van der Waals surface area contributed by atoms with Crippen molar-refractivity contribution >= 4 is 29.2 Å². The molecule has 0 spiro atoms. The standard InChI is InChI=1S/C5H11NS2.K.Na.2H/c1-3-6(4-2)5(7)8;;;;/h3-4H2,1-2H3,(H,7,8);;;;/q;2*+1;2*-1. The number of hydrogen-bond acceptors (Lipinski definition) is 1. The quantitative estimate of drug-likeness (QED) is 0.281. The predicted molar refractivity (Wildman–Crippen MR) is 46.7 cm³/mol. The van der Waals surface area contributed by atoms with Gasteiger partial charge >= 0.3 is 80.9 Å². The molecule has 0 fully saturated rings. The molecule has 0 rings (SSSR count). The minimum atomic E-state index is 0. The third-order valence-corrected chi connectivity index (χ3v) is 1.58. The van der Waals surface area contributed by atoms with E-state index in [0.717, 1.165) is 13.1 Å². The number of thiocarbonyl (C=S) groups is 1. The third kappa shape index (κ3) is 8.97. The van der Waals surface area contributed by atoms with Crippen molar-refractivity contribution in [3.8, 4) is 0 Å². The second kappa shape index (κ2) is 11.9. The molecule has 0 saturated heterocycles. The van der Waals surface area contributed by atoms with Gasteiger partial charge in [0.25, 0.3) is 0 Å². The van der Waals surface area contributed by atoms with Gasteiger partial charge in [-0.15, -0.1) is 12.6 Å². The van der Waals surface area contributed by atoms with Crippen molar-refractivity contribution in [3.05, 3.63) is 0 Å². The van der Waals surface area contributed by atoms with E-state index in [1.807, 2.05) is 4.90 Å². The second-order valence-electron chi connectivity index (χ2n) is 1.45. The summed E-state index contributed by atoms with van der Waals surface area (Å²) in [6.07, 6.45) is 0. The minimum Gasteiger partial charge on any atom is -1.00 e. The monoisotopic (exact) mass is 213 g/mol. The normalized spacial score (nSPS) is 7.10. The minimum absolute atomic E-state index is 0. The SMILES string of the molecule is CCN(CC)C(=S)S.[H-].[H-].[K+].[Na+]. The second-order valence-corrected chi connectivity index (χ2v) is 2.57. The molecule has 0 amide bonds. The van der Waals surface area contributed by atoms with Crippen LogP contribution in [0.3, 0.4) is 0 Å². The van der Waals surface area contributed by atoms with Gasteiger partial charge < -0.3 is 7.75 Å². The van der Waals surface area contributed by atoms with Crippen LogP contribution in [0.25, 0.3) is 0 Å². The molecule has 0 aromatic carbocycles. The van der Waals surface area contributed by atoms with Crippen molar-refractivity contribution in [1.29, 1.82) is 0 Å². The van der Waals surface area contributed by atoms with Crippen LogP contribution in [0.5, 0.6) is 0 Å². The molecule has 5 heteroatoms. The van der Waals surface area contributed by atoms with E-state index in [9.17, 15) is 0 Å². The molecular formula is C5H13KNNaS2. The topological polar surface area (TPSA) is 3.24 Å². The zero-order chi connectivity index (χ0) is 6.57. The molecule has 0 unspecified atom stereocenters. The van der Waals surface area contributed by atoms with Crippen molar-refractivity contribution in [2.75, 3.05) is 13.1 Å². The Balaban J connectivity index is -0.0000000408. The number of rotatable bonds is 2. The number of thiol groups is 1. The summed E-state index contributed by atoms with van der Waals surface area (Å²) in [4.78, 5) is 2.01. The first kappa shape index (κ1) is 18.6. The smallest absolute Gasteiger partial charge is 1.00 e. The summed E-state index contributed by atoms with van der Waals surface area (Å²) in [6, 6.07) is 0. The van der Waals surface area contributed by atoms with Crippen LogP contribution in [-0.2, 0) is 0 Å². The van der Waals surface area contributed by atoms with Gasteiger partial charge in [-0.25, -0.2) is 0 Å². The van der Waals surface area contributed by atoms with Gasteiger partial charge in [0, 0.05) is 13.1 Å². The molecule has 0 saturated carbocycles. The van der Waals surface area contributed by atoms with Gasteiger partial charge in [-0.05, 0) is 13.8 Å². The zero-order valence-corrected chi connectivity index (χ0v) is 14.1. The first-order valence-electron chi connectivity index (χ1n) is 2.70. The summed E-state index contributed by atoms with van der Waals surface area (Å²) in [6.45, 7) is 6.04. The average Bonchev–Trinajstić information content (AvgIpc) is 1.69. The largest absolute Gasteiger partial charge is 1.00 e. The van der Waals surface area contributed by atoms with Crippen LogP contribution in [0.15, 0.2) is 0 Å². The molecule has 0 aliphatic carbocycles. The molecule has 0 radical (unpaired) electrons. The molecular weight excluding hydrogens is 200 g/mol. The molecule has 0 N–H and O–H groups in total. The van der Waals surface area contributed by atoms with E-state index in [4.69, 9.17) is 12.2 Å². The maximum absolute atomic E-state index is 4.81. The van der Waals surface area contributed by atoms with Gasteiger partial charge in [-0.3, -0.25) is 0 Å². The van der Waals surface area contributed by atoms with Crippen LogP contribution in [0.1, 0.15) is 16.7 Å². The summed E-state index contributed by atoms with van der Waals surface area (Å²) in [5.74, 6) is 0. The van der Waals surface area contributed by atoms with Crippen molar-refractivity contribution < 1.29 is 83.8 Å². The van der Waals surface area contributed by atoms with E-state index in [1.165, 1.54) is 0 Å². The van der Waals surface area contributed by atoms with Gasteiger partial charge in [0.15, 0.2) is 0 Å². The Morgan fingerprint density at radius 2 is 1.80 bits per heavy atom. The Hall–Kier alpha value is 2.88. The van der Waals surface area contributed by atoms with Crippen molar-refractivity contribution in [2.24, 2.45) is 0 Å². The summed E-state index contributed by atoms with van der Waals surface area (Å²) in [7, 11) is 0. The van der Waals surface area contributed by atoms with Gasteiger partial charge in [0.05, 0.1) is 0 Å². The Kier molecular flexibility index (Phi) is 22.1. The number of nitrogens with zero attached hydrogens (tertiary/aromatic N) is 1. The first-order valence-corrected chi connectivity index (χ1v) is 3.55. The molecule has 0 aromatic heterocycles. The Morgan fingerprint density at radius 3 is 1.80 bits per heavy atom. The van der Waals surface area contributed by atoms with Crippen LogP contribution >= 0.6 is 24.8 Å². The Bertz CT molecular complexity index is 95.5. The van der Waals surface area contributed by atoms with Gasteiger partial charge in [-0.2, -0.15) is 0 Å². The van der Waals surface area contributed by atoms with E-state index in [2.05, 4.69) is 26.5 Å². The van der Waals surface area contributed by atoms with Gasteiger partial charge in [0.2, 0.25) is 0 Å². The third-order valence-electron chi connectivity index (χ3n) is 1.03. The van der Waals surface area contributed by atoms with Gasteiger partial charge in [0.1, 0.15) is 4.32 Å². The summed E-state index contributed by atoms with van der Waals surface area (Å²) < 4.78 is 0.690. The van der Waals surface area contributed by atoms with Crippen LogP contribution in [0.2, 0.25) is 0 Å². The average molecular weight is 213 g/mol. The molecule has 0 aromatic rings. The molecule has 0 bridgehead atoms. The van der Waals surface area contributed by atoms with E-state index < -0.39 is 0 Å². The van der Waals surface area contributed by atoms with Crippen molar-refractivity contribution in [3.63, 3.8) is 0 Å². The molecule has 0 aliphatic rings. The van der Waals surface area contributed by atoms with Crippen LogP contribution in [0, 0.1) is 0 Å². The fourth-order valence-corrected chi connectivity index (χ4v) is 1.04. The van der Waals surface area contributed by atoms with Crippen molar-refractivity contribution in [1.82, 2.24) is 4.90 Å². The number of hydrogen-bond donors (Lipinski definition) is 1. The molecule has 0 heterocycles. The van der Waals surface area contributed by atoms with E-state index in [1.54, 1.807) is 0 Å². The van der Waals surface area contributed by atoms with Crippen LogP contribution < -0.4 is 80.9 Å². The van der Waals surface area contributed by atoms with Gasteiger partial charge in [-0.1, -0.05) is 12.2 Å². The first-order chi connectivity index (χ1) is 3.72. The molecule has 0 aliphatic heterocycles. The maximum Gasteiger partial charge on any atom is 1.00 e. The summed E-state index contributed by atoms with van der Waals surface area (Å²) in [5, 5.41) is 0. The maximum atomic E-state index is 4.81. The predicted octanol–water partition coefficient (Wildman–Crippen LogP) is -4.22. The van der Waals surface area contributed by atoms with Crippen LogP contribution in [-0.4, -0.2) is 22.3 Å². The zero-order valence-electron chi connectivity index (χ0n) is 9.22. The molecule has 0 atom stereocenters. The molecule has 1 nitrogen and oxygen atoms in total. The fraction of sp³-hybridized carbons (Fsp3) is 0.800. The Morgan fingerprint density at radius 1 is 1.50 bits per heavy atom. The molecule has 10 heavy (non-hydrogen) atoms. The Labute approximate surface area is 142 Å². The van der Waals surface area contributed by atoms with E-state index in [0.29, 0.717) is 4.32 Å². The van der Waals surface area contributed by atoms with E-state index >= 15 is 0 Å². The van der Waals surface area contributed by atoms with Crippen molar-refractivity contribution in [2.45, 2.75) is 13.8 Å². The summed E-state index contributed by atoms with van der Waals surface area (Å²) in [5.41, 5.74) is 0. The summed E-state index contributed by atoms with van der Waals surface area (Å²) >= 11 is 8.82. The fourth-order valence-electron chi connectivity index (χ4n) is 0.494. The van der Waals surface area contributed by atoms with E-state index in [-0.39, 0.29) is 83.8 Å². The molecule has 52 valence electrons. The van der Waals surface area contributed by atoms with Crippen LogP contribution in [0.4, 0.5) is 0 Å².